The van der Waals surface area contributed by atoms with E-state index in [1.807, 2.05) is 43.3 Å². The molecule has 0 saturated carbocycles. The van der Waals surface area contributed by atoms with Crippen molar-refractivity contribution in [3.8, 4) is 0 Å². The van der Waals surface area contributed by atoms with E-state index in [9.17, 15) is 4.79 Å². The minimum atomic E-state index is 0.0821. The van der Waals surface area contributed by atoms with E-state index < -0.39 is 0 Å². The summed E-state index contributed by atoms with van der Waals surface area (Å²) in [6, 6.07) is 11.1. The van der Waals surface area contributed by atoms with Crippen LogP contribution < -0.4 is 0 Å². The average molecular weight is 212 g/mol. The molecular weight excluding hydrogens is 200 g/mol. The normalized spacial score (nSPS) is 10.1. The van der Waals surface area contributed by atoms with Gasteiger partial charge in [-0.3, -0.25) is 4.79 Å². The van der Waals surface area contributed by atoms with E-state index in [4.69, 9.17) is 0 Å². The third-order valence-electron chi connectivity index (χ3n) is 2.30. The summed E-state index contributed by atoms with van der Waals surface area (Å²) in [4.78, 5) is 19.9. The fraction of sp³-hybridized carbons (Fsp3) is 0.154. The number of aromatic nitrogens is 2. The molecule has 0 amide bonds. The molecule has 0 radical (unpaired) electrons. The number of nitrogens with zero attached hydrogens (tertiary/aromatic N) is 2. The van der Waals surface area contributed by atoms with Crippen molar-refractivity contribution in [1.29, 1.82) is 0 Å². The Labute approximate surface area is 94.2 Å². The van der Waals surface area contributed by atoms with E-state index in [1.54, 1.807) is 0 Å². The van der Waals surface area contributed by atoms with Crippen molar-refractivity contribution >= 4 is 5.78 Å². The van der Waals surface area contributed by atoms with Gasteiger partial charge in [-0.05, 0) is 13.0 Å². The number of benzene rings is 1. The zero-order valence-electron chi connectivity index (χ0n) is 9.05. The highest BCUT2D eigenvalue weighted by Gasteiger charge is 2.07. The Morgan fingerprint density at radius 2 is 1.94 bits per heavy atom. The van der Waals surface area contributed by atoms with E-state index in [-0.39, 0.29) is 5.78 Å². The molecule has 1 aromatic carbocycles. The van der Waals surface area contributed by atoms with Crippen molar-refractivity contribution in [2.24, 2.45) is 0 Å². The maximum atomic E-state index is 11.9. The molecule has 0 unspecified atom stereocenters. The Bertz CT molecular complexity index is 494. The molecule has 0 aliphatic carbocycles. The number of aryl methyl sites for hydroxylation is 1. The Kier molecular flexibility index (Phi) is 3.05. The number of rotatable bonds is 3. The van der Waals surface area contributed by atoms with Crippen LogP contribution in [0.4, 0.5) is 0 Å². The molecule has 0 fully saturated rings. The molecule has 3 heteroatoms. The van der Waals surface area contributed by atoms with E-state index in [2.05, 4.69) is 9.97 Å². The van der Waals surface area contributed by atoms with E-state index in [0.717, 1.165) is 17.0 Å². The number of hydrogen-bond acceptors (Lipinski definition) is 3. The van der Waals surface area contributed by atoms with Crippen molar-refractivity contribution in [2.75, 3.05) is 0 Å². The van der Waals surface area contributed by atoms with E-state index >= 15 is 0 Å². The first-order valence-electron chi connectivity index (χ1n) is 5.11. The van der Waals surface area contributed by atoms with E-state index in [0.29, 0.717) is 6.42 Å². The number of carbonyl (C=O) groups excluding carboxylic acids is 1. The van der Waals surface area contributed by atoms with Gasteiger partial charge < -0.3 is 0 Å². The third-order valence-corrected chi connectivity index (χ3v) is 2.30. The zero-order chi connectivity index (χ0) is 11.4. The molecule has 80 valence electrons. The Morgan fingerprint density at radius 1 is 1.19 bits per heavy atom. The highest BCUT2D eigenvalue weighted by atomic mass is 16.1. The van der Waals surface area contributed by atoms with Crippen LogP contribution in [0.25, 0.3) is 0 Å². The summed E-state index contributed by atoms with van der Waals surface area (Å²) in [6.07, 6.45) is 1.82. The first-order chi connectivity index (χ1) is 7.75. The maximum Gasteiger partial charge on any atom is 0.168 e. The van der Waals surface area contributed by atoms with Crippen molar-refractivity contribution in [1.82, 2.24) is 9.97 Å². The summed E-state index contributed by atoms with van der Waals surface area (Å²) in [5.74, 6) is 0.0821. The second-order valence-electron chi connectivity index (χ2n) is 3.62. The van der Waals surface area contributed by atoms with Crippen LogP contribution in [0.1, 0.15) is 21.7 Å². The first kappa shape index (κ1) is 10.5. The molecule has 0 bridgehead atoms. The molecule has 1 aromatic heterocycles. The predicted octanol–water partition coefficient (Wildman–Crippen LogP) is 2.21. The highest BCUT2D eigenvalue weighted by Crippen LogP contribution is 2.05. The summed E-state index contributed by atoms with van der Waals surface area (Å²) in [7, 11) is 0. The molecule has 16 heavy (non-hydrogen) atoms. The minimum Gasteiger partial charge on any atom is -0.294 e. The van der Waals surface area contributed by atoms with Crippen LogP contribution in [0.2, 0.25) is 0 Å². The summed E-state index contributed by atoms with van der Waals surface area (Å²) in [5.41, 5.74) is 2.37. The SMILES string of the molecule is Cc1cc(CC(=O)c2ccccc2)ncn1. The van der Waals surface area contributed by atoms with Crippen molar-refractivity contribution < 1.29 is 4.79 Å². The predicted molar refractivity (Wildman–Crippen MR) is 61.2 cm³/mol. The molecule has 1 heterocycles. The standard InChI is InChI=1S/C13H12N2O/c1-10-7-12(15-9-14-10)8-13(16)11-5-3-2-4-6-11/h2-7,9H,8H2,1H3. The van der Waals surface area contributed by atoms with Gasteiger partial charge in [0.05, 0.1) is 12.1 Å². The topological polar surface area (TPSA) is 42.9 Å². The van der Waals surface area contributed by atoms with Gasteiger partial charge in [0.15, 0.2) is 5.78 Å². The Morgan fingerprint density at radius 3 is 2.62 bits per heavy atom. The molecule has 0 aliphatic rings. The number of hydrogen-bond donors (Lipinski definition) is 0. The van der Waals surface area contributed by atoms with Crippen LogP contribution in [0.3, 0.4) is 0 Å². The van der Waals surface area contributed by atoms with Gasteiger partial charge in [-0.25, -0.2) is 9.97 Å². The molecule has 0 saturated heterocycles. The second-order valence-corrected chi connectivity index (χ2v) is 3.62. The molecule has 0 atom stereocenters. The number of carbonyl (C=O) groups is 1. The van der Waals surface area contributed by atoms with Crippen LogP contribution in [-0.4, -0.2) is 15.8 Å². The van der Waals surface area contributed by atoms with Gasteiger partial charge in [-0.1, -0.05) is 30.3 Å². The second kappa shape index (κ2) is 4.66. The highest BCUT2D eigenvalue weighted by molar-refractivity contribution is 5.97. The molecule has 2 rings (SSSR count). The van der Waals surface area contributed by atoms with Crippen LogP contribution >= 0.6 is 0 Å². The molecular formula is C13H12N2O. The van der Waals surface area contributed by atoms with Gasteiger partial charge in [-0.15, -0.1) is 0 Å². The Balaban J connectivity index is 2.14. The third kappa shape index (κ3) is 2.51. The largest absolute Gasteiger partial charge is 0.294 e. The summed E-state index contributed by atoms with van der Waals surface area (Å²) < 4.78 is 0. The smallest absolute Gasteiger partial charge is 0.168 e. The lowest BCUT2D eigenvalue weighted by Gasteiger charge is -2.01. The van der Waals surface area contributed by atoms with Crippen molar-refractivity contribution in [2.45, 2.75) is 13.3 Å². The van der Waals surface area contributed by atoms with Gasteiger partial charge in [0.2, 0.25) is 0 Å². The summed E-state index contributed by atoms with van der Waals surface area (Å²) >= 11 is 0. The molecule has 0 spiro atoms. The fourth-order valence-corrected chi connectivity index (χ4v) is 1.50. The molecule has 2 aromatic rings. The van der Waals surface area contributed by atoms with Gasteiger partial charge in [0, 0.05) is 11.3 Å². The molecule has 0 aliphatic heterocycles. The maximum absolute atomic E-state index is 11.9. The van der Waals surface area contributed by atoms with Crippen molar-refractivity contribution in [3.63, 3.8) is 0 Å². The first-order valence-corrected chi connectivity index (χ1v) is 5.11. The van der Waals surface area contributed by atoms with Gasteiger partial charge in [-0.2, -0.15) is 0 Å². The van der Waals surface area contributed by atoms with Crippen LogP contribution in [-0.2, 0) is 6.42 Å². The Hall–Kier alpha value is -2.03. The number of Topliss-reactive ketones (excluding diaryl/α,β-unsaturated/α-hetero) is 1. The average Bonchev–Trinajstić information content (AvgIpc) is 2.30. The van der Waals surface area contributed by atoms with Crippen LogP contribution in [0.15, 0.2) is 42.7 Å². The summed E-state index contributed by atoms with van der Waals surface area (Å²) in [6.45, 7) is 1.89. The lowest BCUT2D eigenvalue weighted by atomic mass is 10.1. The van der Waals surface area contributed by atoms with Crippen LogP contribution in [0.5, 0.6) is 0 Å². The fourth-order valence-electron chi connectivity index (χ4n) is 1.50. The van der Waals surface area contributed by atoms with Crippen LogP contribution in [0, 0.1) is 6.92 Å². The lowest BCUT2D eigenvalue weighted by Crippen LogP contribution is -2.05. The monoisotopic (exact) mass is 212 g/mol. The molecule has 0 N–H and O–H groups in total. The number of ketones is 1. The van der Waals surface area contributed by atoms with Crippen molar-refractivity contribution in [3.05, 3.63) is 59.7 Å². The van der Waals surface area contributed by atoms with Gasteiger partial charge in [0.25, 0.3) is 0 Å². The van der Waals surface area contributed by atoms with E-state index in [1.165, 1.54) is 6.33 Å². The molecule has 3 nitrogen and oxygen atoms in total. The minimum absolute atomic E-state index is 0.0821. The quantitative estimate of drug-likeness (QED) is 0.732. The van der Waals surface area contributed by atoms with Gasteiger partial charge >= 0.3 is 0 Å². The zero-order valence-corrected chi connectivity index (χ0v) is 9.05. The van der Waals surface area contributed by atoms with Gasteiger partial charge in [0.1, 0.15) is 6.33 Å². The lowest BCUT2D eigenvalue weighted by molar-refractivity contribution is 0.0992. The summed E-state index contributed by atoms with van der Waals surface area (Å²) in [5, 5.41) is 0.